The average Bonchev–Trinajstić information content (AvgIpc) is 2.64. The van der Waals surface area contributed by atoms with E-state index < -0.39 is 5.60 Å². The molecule has 1 unspecified atom stereocenters. The van der Waals surface area contributed by atoms with Crippen LogP contribution in [0, 0.1) is 5.82 Å². The first-order valence-electron chi connectivity index (χ1n) is 8.94. The Bertz CT molecular complexity index is 895. The summed E-state index contributed by atoms with van der Waals surface area (Å²) in [6.45, 7) is 2.02. The van der Waals surface area contributed by atoms with Crippen molar-refractivity contribution in [1.82, 2.24) is 4.90 Å². The van der Waals surface area contributed by atoms with Crippen molar-refractivity contribution in [3.8, 4) is 0 Å². The third kappa shape index (κ3) is 3.41. The summed E-state index contributed by atoms with van der Waals surface area (Å²) in [7, 11) is 0. The van der Waals surface area contributed by atoms with Crippen LogP contribution in [-0.2, 0) is 25.1 Å². The van der Waals surface area contributed by atoms with E-state index >= 15 is 0 Å². The van der Waals surface area contributed by atoms with Gasteiger partial charge in [-0.25, -0.2) is 4.39 Å². The van der Waals surface area contributed by atoms with Gasteiger partial charge in [-0.15, -0.1) is 0 Å². The number of hydrogen-bond donors (Lipinski definition) is 1. The van der Waals surface area contributed by atoms with Gasteiger partial charge in [-0.2, -0.15) is 0 Å². The lowest BCUT2D eigenvalue weighted by Crippen LogP contribution is -2.46. The van der Waals surface area contributed by atoms with Gasteiger partial charge in [-0.1, -0.05) is 72.8 Å². The third-order valence-corrected chi connectivity index (χ3v) is 5.09. The second kappa shape index (κ2) is 7.02. The largest absolute Gasteiger partial charge is 0.383 e. The second-order valence-corrected chi connectivity index (χ2v) is 7.09. The van der Waals surface area contributed by atoms with Gasteiger partial charge in [0.25, 0.3) is 0 Å². The van der Waals surface area contributed by atoms with Crippen LogP contribution in [0.25, 0.3) is 0 Å². The molecule has 2 nitrogen and oxygen atoms in total. The van der Waals surface area contributed by atoms with E-state index in [9.17, 15) is 9.50 Å². The Balaban J connectivity index is 1.67. The highest BCUT2D eigenvalue weighted by Crippen LogP contribution is 2.35. The molecule has 0 saturated carbocycles. The number of rotatable bonds is 4. The van der Waals surface area contributed by atoms with Gasteiger partial charge in [0.2, 0.25) is 0 Å². The number of benzene rings is 3. The van der Waals surface area contributed by atoms with E-state index in [2.05, 4.69) is 23.1 Å². The number of hydrogen-bond acceptors (Lipinski definition) is 2. The highest BCUT2D eigenvalue weighted by atomic mass is 19.1. The standard InChI is InChI=1S/C23H22FNO/c24-22-13-7-5-10-19(22)14-23(26)17-25(15-18-8-2-1-3-9-18)16-20-11-4-6-12-21(20)23/h1-13,26H,14-17H2. The van der Waals surface area contributed by atoms with E-state index in [1.165, 1.54) is 11.6 Å². The van der Waals surface area contributed by atoms with E-state index in [-0.39, 0.29) is 12.2 Å². The van der Waals surface area contributed by atoms with Gasteiger partial charge < -0.3 is 5.11 Å². The first-order chi connectivity index (χ1) is 12.6. The van der Waals surface area contributed by atoms with Crippen LogP contribution in [0.4, 0.5) is 4.39 Å². The molecular formula is C23H22FNO. The zero-order valence-corrected chi connectivity index (χ0v) is 14.6. The van der Waals surface area contributed by atoms with Crippen molar-refractivity contribution in [3.05, 3.63) is 107 Å². The maximum absolute atomic E-state index is 14.2. The number of halogens is 1. The van der Waals surface area contributed by atoms with Gasteiger partial charge in [0.1, 0.15) is 11.4 Å². The number of fused-ring (bicyclic) bond motifs is 1. The summed E-state index contributed by atoms with van der Waals surface area (Å²) in [5.74, 6) is -0.265. The Kier molecular flexibility index (Phi) is 4.58. The van der Waals surface area contributed by atoms with Crippen LogP contribution < -0.4 is 0 Å². The van der Waals surface area contributed by atoms with Crippen molar-refractivity contribution in [3.63, 3.8) is 0 Å². The molecule has 1 atom stereocenters. The molecule has 0 aliphatic carbocycles. The minimum absolute atomic E-state index is 0.265. The molecule has 0 saturated heterocycles. The maximum atomic E-state index is 14.2. The van der Waals surface area contributed by atoms with Crippen LogP contribution in [0.15, 0.2) is 78.9 Å². The fourth-order valence-corrected chi connectivity index (χ4v) is 3.93. The summed E-state index contributed by atoms with van der Waals surface area (Å²) in [5, 5.41) is 11.5. The fraction of sp³-hybridized carbons (Fsp3) is 0.217. The highest BCUT2D eigenvalue weighted by molar-refractivity contribution is 5.37. The Labute approximate surface area is 153 Å². The molecule has 0 fully saturated rings. The molecule has 1 aliphatic rings. The van der Waals surface area contributed by atoms with Crippen molar-refractivity contribution in [1.29, 1.82) is 0 Å². The van der Waals surface area contributed by atoms with Crippen molar-refractivity contribution in [2.24, 2.45) is 0 Å². The van der Waals surface area contributed by atoms with Gasteiger partial charge in [0.15, 0.2) is 0 Å². The molecule has 1 N–H and O–H groups in total. The van der Waals surface area contributed by atoms with E-state index in [0.29, 0.717) is 12.1 Å². The lowest BCUT2D eigenvalue weighted by Gasteiger charge is -2.41. The van der Waals surface area contributed by atoms with Crippen LogP contribution >= 0.6 is 0 Å². The smallest absolute Gasteiger partial charge is 0.126 e. The maximum Gasteiger partial charge on any atom is 0.126 e. The summed E-state index contributed by atoms with van der Waals surface area (Å²) >= 11 is 0. The Hall–Kier alpha value is -2.49. The molecule has 26 heavy (non-hydrogen) atoms. The molecule has 3 heteroatoms. The summed E-state index contributed by atoms with van der Waals surface area (Å²) in [6, 6.07) is 24.9. The van der Waals surface area contributed by atoms with Crippen LogP contribution in [0.2, 0.25) is 0 Å². The minimum Gasteiger partial charge on any atom is -0.383 e. The lowest BCUT2D eigenvalue weighted by atomic mass is 9.81. The third-order valence-electron chi connectivity index (χ3n) is 5.09. The van der Waals surface area contributed by atoms with Crippen molar-refractivity contribution in [2.75, 3.05) is 6.54 Å². The van der Waals surface area contributed by atoms with Crippen LogP contribution in [0.1, 0.15) is 22.3 Å². The molecule has 132 valence electrons. The van der Waals surface area contributed by atoms with Gasteiger partial charge in [0.05, 0.1) is 0 Å². The van der Waals surface area contributed by atoms with Crippen LogP contribution in [0.5, 0.6) is 0 Å². The van der Waals surface area contributed by atoms with E-state index in [0.717, 1.165) is 24.2 Å². The quantitative estimate of drug-likeness (QED) is 0.762. The molecule has 3 aromatic carbocycles. The second-order valence-electron chi connectivity index (χ2n) is 7.09. The molecule has 1 heterocycles. The summed E-state index contributed by atoms with van der Waals surface area (Å²) in [5.41, 5.74) is 2.67. The van der Waals surface area contributed by atoms with E-state index in [4.69, 9.17) is 0 Å². The zero-order valence-electron chi connectivity index (χ0n) is 14.6. The predicted octanol–water partition coefficient (Wildman–Crippen LogP) is 4.27. The molecule has 0 radical (unpaired) electrons. The van der Waals surface area contributed by atoms with Crippen LogP contribution in [0.3, 0.4) is 0 Å². The van der Waals surface area contributed by atoms with Crippen molar-refractivity contribution < 1.29 is 9.50 Å². The van der Waals surface area contributed by atoms with Crippen molar-refractivity contribution >= 4 is 0 Å². The topological polar surface area (TPSA) is 23.5 Å². The summed E-state index contributed by atoms with van der Waals surface area (Å²) in [4.78, 5) is 2.23. The molecule has 4 rings (SSSR count). The Morgan fingerprint density at radius 3 is 2.38 bits per heavy atom. The number of aliphatic hydroxyl groups is 1. The molecule has 0 aromatic heterocycles. The summed E-state index contributed by atoms with van der Waals surface area (Å²) in [6.07, 6.45) is 0.266. The summed E-state index contributed by atoms with van der Waals surface area (Å²) < 4.78 is 14.2. The van der Waals surface area contributed by atoms with Gasteiger partial charge in [-0.05, 0) is 28.3 Å². The molecule has 1 aliphatic heterocycles. The lowest BCUT2D eigenvalue weighted by molar-refractivity contribution is -0.0195. The molecule has 0 spiro atoms. The highest BCUT2D eigenvalue weighted by Gasteiger charge is 2.38. The Morgan fingerprint density at radius 1 is 0.885 bits per heavy atom. The van der Waals surface area contributed by atoms with Gasteiger partial charge in [0, 0.05) is 26.1 Å². The van der Waals surface area contributed by atoms with E-state index in [1.807, 2.05) is 42.5 Å². The monoisotopic (exact) mass is 347 g/mol. The SMILES string of the molecule is OC1(Cc2ccccc2F)CN(Cc2ccccc2)Cc2ccccc21. The first-order valence-corrected chi connectivity index (χ1v) is 8.94. The fourth-order valence-electron chi connectivity index (χ4n) is 3.93. The van der Waals surface area contributed by atoms with Gasteiger partial charge in [-0.3, -0.25) is 4.90 Å². The van der Waals surface area contributed by atoms with E-state index in [1.54, 1.807) is 12.1 Å². The number of β-amino-alcohol motifs (C(OH)–C–C–N with tert-alkyl or cyclic N) is 1. The Morgan fingerprint density at radius 2 is 1.58 bits per heavy atom. The van der Waals surface area contributed by atoms with Crippen LogP contribution in [-0.4, -0.2) is 16.6 Å². The first kappa shape index (κ1) is 17.0. The molecule has 0 amide bonds. The molecular weight excluding hydrogens is 325 g/mol. The molecule has 3 aromatic rings. The number of nitrogens with zero attached hydrogens (tertiary/aromatic N) is 1. The average molecular weight is 347 g/mol. The zero-order chi connectivity index (χ0) is 18.0. The molecule has 0 bridgehead atoms. The predicted molar refractivity (Wildman–Crippen MR) is 101 cm³/mol. The van der Waals surface area contributed by atoms with Gasteiger partial charge >= 0.3 is 0 Å². The van der Waals surface area contributed by atoms with Crippen molar-refractivity contribution in [2.45, 2.75) is 25.1 Å². The normalized spacial score (nSPS) is 19.9. The minimum atomic E-state index is -1.11.